The molecule has 3 aromatic carbocycles. The van der Waals surface area contributed by atoms with Crippen molar-refractivity contribution < 1.29 is 4.79 Å². The van der Waals surface area contributed by atoms with E-state index in [4.69, 9.17) is 0 Å². The van der Waals surface area contributed by atoms with Crippen LogP contribution in [0.15, 0.2) is 89.7 Å². The Morgan fingerprint density at radius 1 is 0.862 bits per heavy atom. The van der Waals surface area contributed by atoms with Gasteiger partial charge < -0.3 is 4.90 Å². The molecule has 29 heavy (non-hydrogen) atoms. The Bertz CT molecular complexity index is 1200. The van der Waals surface area contributed by atoms with Crippen LogP contribution < -0.4 is 5.56 Å². The molecular formula is C24H21N3O2. The van der Waals surface area contributed by atoms with E-state index in [1.807, 2.05) is 61.5 Å². The lowest BCUT2D eigenvalue weighted by molar-refractivity contribution is 0.0747. The molecule has 4 aromatic rings. The van der Waals surface area contributed by atoms with Gasteiger partial charge in [0.15, 0.2) is 5.69 Å². The summed E-state index contributed by atoms with van der Waals surface area (Å²) in [7, 11) is 0. The lowest BCUT2D eigenvalue weighted by Crippen LogP contribution is -2.33. The molecule has 1 heterocycles. The molecule has 5 heteroatoms. The largest absolute Gasteiger partial charge is 0.333 e. The lowest BCUT2D eigenvalue weighted by atomic mass is 10.1. The van der Waals surface area contributed by atoms with Gasteiger partial charge in [-0.05, 0) is 30.7 Å². The highest BCUT2D eigenvalue weighted by Gasteiger charge is 2.22. The van der Waals surface area contributed by atoms with Crippen LogP contribution in [0.4, 0.5) is 0 Å². The number of carbonyl (C=O) groups excluding carboxylic acids is 1. The van der Waals surface area contributed by atoms with Crippen molar-refractivity contribution in [2.75, 3.05) is 6.54 Å². The SMILES string of the molecule is CCN(Cc1ccccc1)C(=O)c1nn(-c2ccccc2)c(=O)c2ccccc12. The summed E-state index contributed by atoms with van der Waals surface area (Å²) < 4.78 is 1.31. The zero-order valence-electron chi connectivity index (χ0n) is 16.2. The number of nitrogens with zero attached hydrogens (tertiary/aromatic N) is 3. The number of fused-ring (bicyclic) bond motifs is 1. The maximum Gasteiger partial charge on any atom is 0.279 e. The van der Waals surface area contributed by atoms with Crippen molar-refractivity contribution in [1.82, 2.24) is 14.7 Å². The van der Waals surface area contributed by atoms with Crippen LogP contribution in [-0.4, -0.2) is 27.1 Å². The molecular weight excluding hydrogens is 362 g/mol. The molecule has 0 N–H and O–H groups in total. The van der Waals surface area contributed by atoms with E-state index in [9.17, 15) is 9.59 Å². The average molecular weight is 383 g/mol. The average Bonchev–Trinajstić information content (AvgIpc) is 2.79. The Kier molecular flexibility index (Phi) is 5.20. The highest BCUT2D eigenvalue weighted by Crippen LogP contribution is 2.18. The van der Waals surface area contributed by atoms with Crippen molar-refractivity contribution in [1.29, 1.82) is 0 Å². The third-order valence-corrected chi connectivity index (χ3v) is 4.89. The van der Waals surface area contributed by atoms with Gasteiger partial charge in [-0.3, -0.25) is 9.59 Å². The highest BCUT2D eigenvalue weighted by molar-refractivity contribution is 6.04. The molecule has 0 radical (unpaired) electrons. The summed E-state index contributed by atoms with van der Waals surface area (Å²) in [6.07, 6.45) is 0. The van der Waals surface area contributed by atoms with Gasteiger partial charge in [-0.15, -0.1) is 0 Å². The smallest absolute Gasteiger partial charge is 0.279 e. The number of rotatable bonds is 5. The fourth-order valence-corrected chi connectivity index (χ4v) is 3.37. The fourth-order valence-electron chi connectivity index (χ4n) is 3.37. The molecule has 0 fully saturated rings. The molecule has 4 rings (SSSR count). The normalized spacial score (nSPS) is 10.8. The molecule has 0 saturated heterocycles. The van der Waals surface area contributed by atoms with E-state index in [0.29, 0.717) is 29.5 Å². The van der Waals surface area contributed by atoms with E-state index in [1.54, 1.807) is 35.2 Å². The van der Waals surface area contributed by atoms with Crippen molar-refractivity contribution in [3.8, 4) is 5.69 Å². The zero-order chi connectivity index (χ0) is 20.2. The first-order chi connectivity index (χ1) is 14.2. The van der Waals surface area contributed by atoms with Crippen molar-refractivity contribution in [3.05, 3.63) is 107 Å². The molecule has 0 aliphatic carbocycles. The summed E-state index contributed by atoms with van der Waals surface area (Å²) in [5.74, 6) is -0.197. The van der Waals surface area contributed by atoms with Crippen LogP contribution >= 0.6 is 0 Å². The van der Waals surface area contributed by atoms with Gasteiger partial charge in [0.1, 0.15) is 0 Å². The van der Waals surface area contributed by atoms with E-state index in [0.717, 1.165) is 5.56 Å². The Morgan fingerprint density at radius 3 is 2.10 bits per heavy atom. The molecule has 1 amide bonds. The van der Waals surface area contributed by atoms with Crippen molar-refractivity contribution in [2.24, 2.45) is 0 Å². The van der Waals surface area contributed by atoms with Gasteiger partial charge in [0, 0.05) is 18.5 Å². The van der Waals surface area contributed by atoms with Crippen LogP contribution in [-0.2, 0) is 6.54 Å². The van der Waals surface area contributed by atoms with E-state index >= 15 is 0 Å². The van der Waals surface area contributed by atoms with Crippen molar-refractivity contribution in [2.45, 2.75) is 13.5 Å². The summed E-state index contributed by atoms with van der Waals surface area (Å²) in [6, 6.07) is 26.2. The lowest BCUT2D eigenvalue weighted by Gasteiger charge is -2.22. The minimum absolute atomic E-state index is 0.197. The van der Waals surface area contributed by atoms with Crippen LogP contribution in [0, 0.1) is 0 Å². The molecule has 0 bridgehead atoms. The predicted octanol–water partition coefficient (Wildman–Crippen LogP) is 4.05. The third-order valence-electron chi connectivity index (χ3n) is 4.89. The molecule has 1 aromatic heterocycles. The van der Waals surface area contributed by atoms with Crippen LogP contribution in [0.5, 0.6) is 0 Å². The van der Waals surface area contributed by atoms with Gasteiger partial charge in [-0.2, -0.15) is 9.78 Å². The standard InChI is InChI=1S/C24H21N3O2/c1-2-26(17-18-11-5-3-6-12-18)24(29)22-20-15-9-10-16-21(20)23(28)27(25-22)19-13-7-4-8-14-19/h3-16H,2,17H2,1H3. The van der Waals surface area contributed by atoms with Gasteiger partial charge in [-0.25, -0.2) is 0 Å². The number of hydrogen-bond acceptors (Lipinski definition) is 3. The number of benzene rings is 3. The van der Waals surface area contributed by atoms with Gasteiger partial charge in [0.05, 0.1) is 11.1 Å². The quantitative estimate of drug-likeness (QED) is 0.522. The van der Waals surface area contributed by atoms with E-state index < -0.39 is 0 Å². The molecule has 0 aliphatic rings. The number of amides is 1. The molecule has 0 saturated carbocycles. The Balaban J connectivity index is 1.85. The topological polar surface area (TPSA) is 55.2 Å². The van der Waals surface area contributed by atoms with E-state index in [1.165, 1.54) is 4.68 Å². The van der Waals surface area contributed by atoms with Crippen molar-refractivity contribution in [3.63, 3.8) is 0 Å². The van der Waals surface area contributed by atoms with Gasteiger partial charge in [-0.1, -0.05) is 66.7 Å². The van der Waals surface area contributed by atoms with E-state index in [-0.39, 0.29) is 17.2 Å². The van der Waals surface area contributed by atoms with Crippen LogP contribution in [0.3, 0.4) is 0 Å². The van der Waals surface area contributed by atoms with Crippen LogP contribution in [0.1, 0.15) is 23.0 Å². The Morgan fingerprint density at radius 2 is 1.45 bits per heavy atom. The maximum absolute atomic E-state index is 13.4. The van der Waals surface area contributed by atoms with Crippen LogP contribution in [0.2, 0.25) is 0 Å². The first-order valence-corrected chi connectivity index (χ1v) is 9.59. The molecule has 5 nitrogen and oxygen atoms in total. The zero-order valence-corrected chi connectivity index (χ0v) is 16.2. The minimum atomic E-state index is -0.241. The molecule has 0 spiro atoms. The molecule has 0 atom stereocenters. The van der Waals surface area contributed by atoms with Crippen molar-refractivity contribution >= 4 is 16.7 Å². The third kappa shape index (κ3) is 3.67. The molecule has 0 aliphatic heterocycles. The van der Waals surface area contributed by atoms with Gasteiger partial charge in [0.2, 0.25) is 0 Å². The summed E-state index contributed by atoms with van der Waals surface area (Å²) in [6.45, 7) is 2.96. The Hall–Kier alpha value is -3.73. The second-order valence-electron chi connectivity index (χ2n) is 6.75. The summed E-state index contributed by atoms with van der Waals surface area (Å²) >= 11 is 0. The number of carbonyl (C=O) groups is 1. The van der Waals surface area contributed by atoms with Crippen LogP contribution in [0.25, 0.3) is 16.5 Å². The maximum atomic E-state index is 13.4. The summed E-state index contributed by atoms with van der Waals surface area (Å²) in [5.41, 5.74) is 1.71. The number of aromatic nitrogens is 2. The predicted molar refractivity (Wildman–Crippen MR) is 114 cm³/mol. The highest BCUT2D eigenvalue weighted by atomic mass is 16.2. The first kappa shape index (κ1) is 18.6. The number of hydrogen-bond donors (Lipinski definition) is 0. The second-order valence-corrected chi connectivity index (χ2v) is 6.75. The molecule has 144 valence electrons. The Labute approximate surface area is 168 Å². The monoisotopic (exact) mass is 383 g/mol. The van der Waals surface area contributed by atoms with E-state index in [2.05, 4.69) is 5.10 Å². The fraction of sp³-hybridized carbons (Fsp3) is 0.125. The summed E-state index contributed by atoms with van der Waals surface area (Å²) in [4.78, 5) is 28.2. The molecule has 0 unspecified atom stereocenters. The number of para-hydroxylation sites is 1. The minimum Gasteiger partial charge on any atom is -0.333 e. The van der Waals surface area contributed by atoms with Gasteiger partial charge in [0.25, 0.3) is 11.5 Å². The second kappa shape index (κ2) is 8.10. The van der Waals surface area contributed by atoms with Gasteiger partial charge >= 0.3 is 0 Å². The summed E-state index contributed by atoms with van der Waals surface area (Å²) in [5, 5.41) is 5.54. The first-order valence-electron chi connectivity index (χ1n) is 9.59.